The van der Waals surface area contributed by atoms with E-state index in [1.54, 1.807) is 14.2 Å². The predicted octanol–water partition coefficient (Wildman–Crippen LogP) is 6.24. The summed E-state index contributed by atoms with van der Waals surface area (Å²) in [4.78, 5) is 4.93. The molecule has 0 aliphatic carbocycles. The minimum atomic E-state index is 0.437. The Balaban J connectivity index is 1.51. The lowest BCUT2D eigenvalue weighted by atomic mass is 10.0. The van der Waals surface area contributed by atoms with Gasteiger partial charge in [-0.25, -0.2) is 4.98 Å². The second-order valence-electron chi connectivity index (χ2n) is 8.43. The summed E-state index contributed by atoms with van der Waals surface area (Å²) in [7, 11) is 3.31. The van der Waals surface area contributed by atoms with Crippen molar-refractivity contribution in [2.75, 3.05) is 20.8 Å². The molecule has 0 aliphatic rings. The first-order valence-corrected chi connectivity index (χ1v) is 11.5. The highest BCUT2D eigenvalue weighted by atomic mass is 16.5. The van der Waals surface area contributed by atoms with Gasteiger partial charge in [-0.3, -0.25) is 0 Å². The highest BCUT2D eigenvalue weighted by Gasteiger charge is 2.13. The van der Waals surface area contributed by atoms with Crippen LogP contribution >= 0.6 is 0 Å². The number of para-hydroxylation sites is 3. The molecule has 172 valence electrons. The van der Waals surface area contributed by atoms with Crippen molar-refractivity contribution in [2.24, 2.45) is 0 Å². The van der Waals surface area contributed by atoms with Crippen LogP contribution in [0.2, 0.25) is 0 Å². The molecule has 0 spiro atoms. The topological polar surface area (TPSA) is 45.5 Å². The monoisotopic (exact) mass is 444 g/mol. The van der Waals surface area contributed by atoms with Crippen LogP contribution in [0.3, 0.4) is 0 Å². The number of fused-ring (bicyclic) bond motifs is 1. The van der Waals surface area contributed by atoms with Gasteiger partial charge in [0.15, 0.2) is 11.5 Å². The van der Waals surface area contributed by atoms with E-state index in [2.05, 4.69) is 60.9 Å². The van der Waals surface area contributed by atoms with E-state index in [4.69, 9.17) is 19.2 Å². The maximum absolute atomic E-state index is 6.16. The van der Waals surface area contributed by atoms with E-state index >= 15 is 0 Å². The number of aromatic nitrogens is 2. The molecular formula is C28H32N2O3. The highest BCUT2D eigenvalue weighted by molar-refractivity contribution is 5.76. The van der Waals surface area contributed by atoms with Gasteiger partial charge >= 0.3 is 0 Å². The van der Waals surface area contributed by atoms with Crippen LogP contribution in [0.5, 0.6) is 17.2 Å². The average molecular weight is 445 g/mol. The molecule has 33 heavy (non-hydrogen) atoms. The zero-order valence-corrected chi connectivity index (χ0v) is 19.9. The van der Waals surface area contributed by atoms with Crippen molar-refractivity contribution in [1.29, 1.82) is 0 Å². The fourth-order valence-corrected chi connectivity index (χ4v) is 4.18. The van der Waals surface area contributed by atoms with Gasteiger partial charge in [0.25, 0.3) is 0 Å². The number of methoxy groups -OCH3 is 2. The smallest absolute Gasteiger partial charge is 0.161 e. The standard InChI is InChI=1S/C28H32N2O3/c1-20(2)22-10-5-8-13-25(22)33-17-9-16-30-24-12-7-6-11-23(24)29-28(30)19-21-14-15-26(31-3)27(18-21)32-4/h5-8,10-15,18,20H,9,16-17,19H2,1-4H3. The SMILES string of the molecule is COc1ccc(Cc2nc3ccccc3n2CCCOc2ccccc2C(C)C)cc1OC. The minimum absolute atomic E-state index is 0.437. The van der Waals surface area contributed by atoms with Crippen LogP contribution in [0.15, 0.2) is 66.7 Å². The molecule has 4 rings (SSSR count). The summed E-state index contributed by atoms with van der Waals surface area (Å²) in [6, 6.07) is 22.6. The van der Waals surface area contributed by atoms with E-state index in [0.29, 0.717) is 18.9 Å². The third kappa shape index (κ3) is 5.14. The molecule has 0 saturated carbocycles. The Bertz CT molecular complexity index is 1210. The highest BCUT2D eigenvalue weighted by Crippen LogP contribution is 2.29. The van der Waals surface area contributed by atoms with Gasteiger partial charge in [-0.2, -0.15) is 0 Å². The van der Waals surface area contributed by atoms with Crippen LogP contribution in [0, 0.1) is 0 Å². The lowest BCUT2D eigenvalue weighted by Crippen LogP contribution is -2.09. The van der Waals surface area contributed by atoms with E-state index in [-0.39, 0.29) is 0 Å². The van der Waals surface area contributed by atoms with Crippen LogP contribution in [-0.4, -0.2) is 30.4 Å². The molecule has 0 aliphatic heterocycles. The van der Waals surface area contributed by atoms with Crippen LogP contribution in [-0.2, 0) is 13.0 Å². The molecule has 0 atom stereocenters. The van der Waals surface area contributed by atoms with Crippen molar-refractivity contribution in [1.82, 2.24) is 9.55 Å². The lowest BCUT2D eigenvalue weighted by Gasteiger charge is -2.15. The van der Waals surface area contributed by atoms with Crippen molar-refractivity contribution in [3.63, 3.8) is 0 Å². The summed E-state index contributed by atoms with van der Waals surface area (Å²) in [6.45, 7) is 5.89. The Labute approximate surface area is 195 Å². The molecule has 5 nitrogen and oxygen atoms in total. The molecule has 0 bridgehead atoms. The summed E-state index contributed by atoms with van der Waals surface area (Å²) in [5.74, 6) is 3.91. The van der Waals surface area contributed by atoms with Crippen molar-refractivity contribution < 1.29 is 14.2 Å². The van der Waals surface area contributed by atoms with Gasteiger partial charge in [-0.05, 0) is 53.8 Å². The lowest BCUT2D eigenvalue weighted by molar-refractivity contribution is 0.298. The van der Waals surface area contributed by atoms with Crippen molar-refractivity contribution in [2.45, 2.75) is 39.2 Å². The van der Waals surface area contributed by atoms with Gasteiger partial charge in [-0.15, -0.1) is 0 Å². The maximum atomic E-state index is 6.16. The minimum Gasteiger partial charge on any atom is -0.493 e. The molecule has 3 aromatic carbocycles. The van der Waals surface area contributed by atoms with Gasteiger partial charge in [0, 0.05) is 13.0 Å². The van der Waals surface area contributed by atoms with Crippen LogP contribution < -0.4 is 14.2 Å². The first kappa shape index (κ1) is 22.7. The Morgan fingerprint density at radius 3 is 2.39 bits per heavy atom. The maximum Gasteiger partial charge on any atom is 0.161 e. The summed E-state index contributed by atoms with van der Waals surface area (Å²) < 4.78 is 19.3. The summed E-state index contributed by atoms with van der Waals surface area (Å²) in [5.41, 5.74) is 4.54. The van der Waals surface area contributed by atoms with E-state index < -0.39 is 0 Å². The van der Waals surface area contributed by atoms with Crippen LogP contribution in [0.25, 0.3) is 11.0 Å². The molecule has 0 saturated heterocycles. The molecular weight excluding hydrogens is 412 g/mol. The van der Waals surface area contributed by atoms with Gasteiger partial charge in [0.05, 0.1) is 31.9 Å². The Kier molecular flexibility index (Phi) is 7.18. The third-order valence-corrected chi connectivity index (χ3v) is 5.87. The molecule has 1 heterocycles. The molecule has 0 amide bonds. The molecule has 0 N–H and O–H groups in total. The second kappa shape index (κ2) is 10.4. The van der Waals surface area contributed by atoms with Crippen molar-refractivity contribution >= 4 is 11.0 Å². The fraction of sp³-hybridized carbons (Fsp3) is 0.321. The fourth-order valence-electron chi connectivity index (χ4n) is 4.18. The summed E-state index contributed by atoms with van der Waals surface area (Å²) >= 11 is 0. The number of rotatable bonds is 10. The van der Waals surface area contributed by atoms with Gasteiger partial charge in [-0.1, -0.05) is 50.2 Å². The summed E-state index contributed by atoms with van der Waals surface area (Å²) in [6.07, 6.45) is 1.61. The molecule has 5 heteroatoms. The molecule has 0 radical (unpaired) electrons. The van der Waals surface area contributed by atoms with Crippen molar-refractivity contribution in [3.05, 3.63) is 83.7 Å². The zero-order valence-electron chi connectivity index (χ0n) is 19.9. The number of hydrogen-bond acceptors (Lipinski definition) is 4. The molecule has 1 aromatic heterocycles. The van der Waals surface area contributed by atoms with E-state index in [0.717, 1.165) is 52.6 Å². The quantitative estimate of drug-likeness (QED) is 0.272. The van der Waals surface area contributed by atoms with Crippen LogP contribution in [0.4, 0.5) is 0 Å². The van der Waals surface area contributed by atoms with E-state index in [9.17, 15) is 0 Å². The van der Waals surface area contributed by atoms with Crippen molar-refractivity contribution in [3.8, 4) is 17.2 Å². The zero-order chi connectivity index (χ0) is 23.2. The number of ether oxygens (including phenoxy) is 3. The Hall–Kier alpha value is -3.47. The van der Waals surface area contributed by atoms with E-state index in [1.165, 1.54) is 5.56 Å². The number of aryl methyl sites for hydroxylation is 1. The Morgan fingerprint density at radius 2 is 1.61 bits per heavy atom. The first-order chi connectivity index (χ1) is 16.1. The van der Waals surface area contributed by atoms with Gasteiger partial charge in [0.2, 0.25) is 0 Å². The number of imidazole rings is 1. The molecule has 0 unspecified atom stereocenters. The summed E-state index contributed by atoms with van der Waals surface area (Å²) in [5, 5.41) is 0. The average Bonchev–Trinajstić information content (AvgIpc) is 3.18. The normalized spacial score (nSPS) is 11.2. The second-order valence-corrected chi connectivity index (χ2v) is 8.43. The Morgan fingerprint density at radius 1 is 0.848 bits per heavy atom. The van der Waals surface area contributed by atoms with Crippen LogP contribution in [0.1, 0.15) is 43.1 Å². The third-order valence-electron chi connectivity index (χ3n) is 5.87. The van der Waals surface area contributed by atoms with E-state index in [1.807, 2.05) is 24.3 Å². The van der Waals surface area contributed by atoms with Gasteiger partial charge < -0.3 is 18.8 Å². The van der Waals surface area contributed by atoms with Gasteiger partial charge in [0.1, 0.15) is 11.6 Å². The molecule has 0 fully saturated rings. The number of nitrogens with zero attached hydrogens (tertiary/aromatic N) is 2. The first-order valence-electron chi connectivity index (χ1n) is 11.5. The predicted molar refractivity (Wildman–Crippen MR) is 133 cm³/mol. The number of hydrogen-bond donors (Lipinski definition) is 0. The number of benzene rings is 3. The largest absolute Gasteiger partial charge is 0.493 e. The molecule has 4 aromatic rings.